The first-order valence-corrected chi connectivity index (χ1v) is 17.4. The summed E-state index contributed by atoms with van der Waals surface area (Å²) in [5.41, 5.74) is 9.18. The van der Waals surface area contributed by atoms with E-state index in [2.05, 4.69) is 195 Å². The lowest BCUT2D eigenvalue weighted by atomic mass is 9.90. The third-order valence-electron chi connectivity index (χ3n) is 8.97. The number of rotatable bonds is 4. The van der Waals surface area contributed by atoms with Gasteiger partial charge in [0, 0.05) is 20.2 Å². The van der Waals surface area contributed by atoms with Crippen LogP contribution in [-0.2, 0) is 6.42 Å². The molecule has 0 aliphatic heterocycles. The molecule has 0 fully saturated rings. The van der Waals surface area contributed by atoms with Gasteiger partial charge in [0.25, 0.3) is 0 Å². The Labute approximate surface area is 291 Å². The maximum atomic E-state index is 4.00. The molecule has 1 heterocycles. The summed E-state index contributed by atoms with van der Waals surface area (Å²) in [6.45, 7) is 2.21. The Morgan fingerprint density at radius 1 is 0.429 bits per heavy atom. The summed E-state index contributed by atoms with van der Waals surface area (Å²) in [5, 5.41) is 7.90. The van der Waals surface area contributed by atoms with Crippen LogP contribution in [-0.4, -0.2) is 0 Å². The summed E-state index contributed by atoms with van der Waals surface area (Å²) < 4.78 is 2.71. The maximum absolute atomic E-state index is 4.00. The van der Waals surface area contributed by atoms with Gasteiger partial charge in [-0.15, -0.1) is 11.3 Å². The van der Waals surface area contributed by atoms with Crippen molar-refractivity contribution in [3.63, 3.8) is 0 Å². The summed E-state index contributed by atoms with van der Waals surface area (Å²) in [7, 11) is 0. The van der Waals surface area contributed by atoms with E-state index in [9.17, 15) is 0 Å². The smallest absolute Gasteiger partial charge is 0.0433 e. The molecule has 0 saturated heterocycles. The Kier molecular flexibility index (Phi) is 9.58. The number of thiophene rings is 1. The van der Waals surface area contributed by atoms with Crippen LogP contribution in [0.3, 0.4) is 0 Å². The summed E-state index contributed by atoms with van der Waals surface area (Å²) in [4.78, 5) is 0. The average molecular weight is 651 g/mol. The van der Waals surface area contributed by atoms with Gasteiger partial charge in [-0.3, -0.25) is 11.7 Å². The standard InChI is InChI=1S/C33H22S.C13H12.H4N2/c1-21-17-23(26-14-8-15-30-29-13-6-7-16-32(29)34-33(26)30)19-24(18-21)31-20-22-9-2-3-10-25(22)27-11-4-5-12-28(27)31;1-3-7-12(8-4-1)11-13-9-5-2-6-10-13;1-2/h2-20H,1H3;1-10H,11H2;1-2H2. The highest BCUT2D eigenvalue weighted by atomic mass is 32.1. The molecule has 8 aromatic carbocycles. The SMILES string of the molecule is Cc1cc(-c2cc3ccccc3c3ccccc23)cc(-c2cccc3c2sc2ccccc23)c1.NN.c1ccc(Cc2ccccc2)cc1. The Balaban J connectivity index is 0.000000212. The number of fused-ring (bicyclic) bond motifs is 6. The van der Waals surface area contributed by atoms with Gasteiger partial charge in [0.15, 0.2) is 0 Å². The van der Waals surface area contributed by atoms with Crippen LogP contribution in [0, 0.1) is 6.92 Å². The molecular formula is C46H38N2S. The highest BCUT2D eigenvalue weighted by Crippen LogP contribution is 2.42. The molecule has 0 aliphatic carbocycles. The van der Waals surface area contributed by atoms with Crippen molar-refractivity contribution < 1.29 is 0 Å². The Morgan fingerprint density at radius 2 is 0.959 bits per heavy atom. The van der Waals surface area contributed by atoms with Crippen molar-refractivity contribution in [3.8, 4) is 22.3 Å². The van der Waals surface area contributed by atoms with Crippen LogP contribution in [0.2, 0.25) is 0 Å². The molecule has 9 rings (SSSR count). The van der Waals surface area contributed by atoms with E-state index in [4.69, 9.17) is 0 Å². The Bertz CT molecular complexity index is 2460. The molecule has 0 atom stereocenters. The van der Waals surface area contributed by atoms with Gasteiger partial charge in [-0.2, -0.15) is 0 Å². The molecule has 238 valence electrons. The van der Waals surface area contributed by atoms with Crippen molar-refractivity contribution in [1.82, 2.24) is 0 Å². The second kappa shape index (κ2) is 14.7. The fraction of sp³-hybridized carbons (Fsp3) is 0.0435. The van der Waals surface area contributed by atoms with Crippen molar-refractivity contribution >= 4 is 53.1 Å². The highest BCUT2D eigenvalue weighted by Gasteiger charge is 2.13. The predicted molar refractivity (Wildman–Crippen MR) is 214 cm³/mol. The third kappa shape index (κ3) is 6.74. The second-order valence-electron chi connectivity index (χ2n) is 12.2. The Morgan fingerprint density at radius 3 is 1.65 bits per heavy atom. The summed E-state index contributed by atoms with van der Waals surface area (Å²) in [5.74, 6) is 8.00. The minimum Gasteiger partial charge on any atom is -0.274 e. The van der Waals surface area contributed by atoms with Crippen LogP contribution in [0.25, 0.3) is 64.0 Å². The molecule has 0 aliphatic rings. The van der Waals surface area contributed by atoms with Gasteiger partial charge >= 0.3 is 0 Å². The molecule has 9 aromatic rings. The van der Waals surface area contributed by atoms with Gasteiger partial charge in [-0.25, -0.2) is 0 Å². The van der Waals surface area contributed by atoms with Gasteiger partial charge in [0.05, 0.1) is 0 Å². The van der Waals surface area contributed by atoms with E-state index >= 15 is 0 Å². The summed E-state index contributed by atoms with van der Waals surface area (Å²) in [6.07, 6.45) is 1.03. The topological polar surface area (TPSA) is 52.0 Å². The van der Waals surface area contributed by atoms with E-state index in [0.717, 1.165) is 6.42 Å². The van der Waals surface area contributed by atoms with Gasteiger partial charge in [0.2, 0.25) is 0 Å². The molecular weight excluding hydrogens is 613 g/mol. The van der Waals surface area contributed by atoms with E-state index in [1.807, 2.05) is 11.3 Å². The highest BCUT2D eigenvalue weighted by molar-refractivity contribution is 7.26. The summed E-state index contributed by atoms with van der Waals surface area (Å²) in [6, 6.07) is 63.4. The molecule has 0 spiro atoms. The number of nitrogens with two attached hydrogens (primary N) is 2. The van der Waals surface area contributed by atoms with Crippen LogP contribution in [0.1, 0.15) is 16.7 Å². The predicted octanol–water partition coefficient (Wildman–Crippen LogP) is 12.1. The largest absolute Gasteiger partial charge is 0.274 e. The molecule has 4 N–H and O–H groups in total. The van der Waals surface area contributed by atoms with Crippen LogP contribution in [0.4, 0.5) is 0 Å². The van der Waals surface area contributed by atoms with Crippen molar-refractivity contribution in [2.75, 3.05) is 0 Å². The molecule has 0 saturated carbocycles. The molecule has 1 aromatic heterocycles. The van der Waals surface area contributed by atoms with Crippen LogP contribution in [0.5, 0.6) is 0 Å². The van der Waals surface area contributed by atoms with Gasteiger partial charge in [-0.05, 0) is 92.0 Å². The Hall–Kier alpha value is -5.58. The van der Waals surface area contributed by atoms with Gasteiger partial charge in [-0.1, -0.05) is 158 Å². The maximum Gasteiger partial charge on any atom is 0.0433 e. The minimum atomic E-state index is 1.03. The molecule has 3 heteroatoms. The fourth-order valence-corrected chi connectivity index (χ4v) is 8.03. The zero-order valence-corrected chi connectivity index (χ0v) is 28.3. The van der Waals surface area contributed by atoms with Crippen molar-refractivity contribution in [2.45, 2.75) is 13.3 Å². The number of hydrazine groups is 1. The normalized spacial score (nSPS) is 10.8. The number of aryl methyl sites for hydroxylation is 1. The van der Waals surface area contributed by atoms with E-state index in [1.165, 1.54) is 80.7 Å². The second-order valence-corrected chi connectivity index (χ2v) is 13.3. The first-order chi connectivity index (χ1) is 24.2. The van der Waals surface area contributed by atoms with Crippen LogP contribution < -0.4 is 11.7 Å². The van der Waals surface area contributed by atoms with Gasteiger partial charge < -0.3 is 0 Å². The van der Waals surface area contributed by atoms with Crippen LogP contribution >= 0.6 is 11.3 Å². The van der Waals surface area contributed by atoms with E-state index in [1.54, 1.807) is 0 Å². The zero-order chi connectivity index (χ0) is 33.6. The quantitative estimate of drug-likeness (QED) is 0.113. The lowest BCUT2D eigenvalue weighted by Crippen LogP contribution is -2.02. The lowest BCUT2D eigenvalue weighted by Gasteiger charge is -2.14. The van der Waals surface area contributed by atoms with Crippen molar-refractivity contribution in [1.29, 1.82) is 0 Å². The number of hydrogen-bond acceptors (Lipinski definition) is 3. The van der Waals surface area contributed by atoms with Crippen LogP contribution in [0.15, 0.2) is 176 Å². The molecule has 2 nitrogen and oxygen atoms in total. The van der Waals surface area contributed by atoms with E-state index < -0.39 is 0 Å². The molecule has 0 radical (unpaired) electrons. The summed E-state index contributed by atoms with van der Waals surface area (Å²) >= 11 is 1.90. The van der Waals surface area contributed by atoms with E-state index in [-0.39, 0.29) is 0 Å². The molecule has 0 unspecified atom stereocenters. The molecule has 49 heavy (non-hydrogen) atoms. The number of hydrogen-bond donors (Lipinski definition) is 2. The average Bonchev–Trinajstić information content (AvgIpc) is 3.55. The number of benzene rings is 8. The minimum absolute atomic E-state index is 1.03. The van der Waals surface area contributed by atoms with E-state index in [0.29, 0.717) is 0 Å². The first kappa shape index (κ1) is 32.0. The van der Waals surface area contributed by atoms with Crippen molar-refractivity contribution in [3.05, 3.63) is 193 Å². The lowest BCUT2D eigenvalue weighted by molar-refractivity contribution is 1.19. The van der Waals surface area contributed by atoms with Crippen molar-refractivity contribution in [2.24, 2.45) is 11.7 Å². The zero-order valence-electron chi connectivity index (χ0n) is 27.5. The fourth-order valence-electron chi connectivity index (χ4n) is 6.79. The molecule has 0 amide bonds. The third-order valence-corrected chi connectivity index (χ3v) is 10.2. The molecule has 0 bridgehead atoms. The first-order valence-electron chi connectivity index (χ1n) is 16.6. The van der Waals surface area contributed by atoms with Gasteiger partial charge in [0.1, 0.15) is 0 Å². The monoisotopic (exact) mass is 650 g/mol.